The number of halogens is 1. The van der Waals surface area contributed by atoms with Crippen molar-refractivity contribution in [1.29, 1.82) is 0 Å². The fraction of sp³-hybridized carbons (Fsp3) is 0.200. The molecule has 0 aliphatic carbocycles. The highest BCUT2D eigenvalue weighted by Crippen LogP contribution is 2.25. The highest BCUT2D eigenvalue weighted by atomic mass is 35.5. The second kappa shape index (κ2) is 8.76. The molecule has 26 heavy (non-hydrogen) atoms. The Hall–Kier alpha value is -2.47. The van der Waals surface area contributed by atoms with Crippen LogP contribution < -0.4 is 10.6 Å². The predicted molar refractivity (Wildman–Crippen MR) is 106 cm³/mol. The molecule has 0 aliphatic rings. The van der Waals surface area contributed by atoms with E-state index >= 15 is 0 Å². The summed E-state index contributed by atoms with van der Waals surface area (Å²) in [5.74, 6) is 1.41. The summed E-state index contributed by atoms with van der Waals surface area (Å²) in [5, 5.41) is 16.3. The Bertz CT molecular complexity index is 854. The summed E-state index contributed by atoms with van der Waals surface area (Å²) < 4.78 is 0. The van der Waals surface area contributed by atoms with Crippen molar-refractivity contribution in [3.05, 3.63) is 70.9 Å². The van der Waals surface area contributed by atoms with Gasteiger partial charge < -0.3 is 15.7 Å². The molecule has 0 bridgehead atoms. The number of hydrogen-bond donors (Lipinski definition) is 3. The van der Waals surface area contributed by atoms with E-state index in [1.807, 2.05) is 61.5 Å². The van der Waals surface area contributed by atoms with Crippen molar-refractivity contribution in [2.75, 3.05) is 18.5 Å². The highest BCUT2D eigenvalue weighted by molar-refractivity contribution is 6.30. The highest BCUT2D eigenvalue weighted by Gasteiger charge is 2.13. The predicted octanol–water partition coefficient (Wildman–Crippen LogP) is 3.93. The van der Waals surface area contributed by atoms with E-state index in [1.54, 1.807) is 0 Å². The molecule has 6 heteroatoms. The van der Waals surface area contributed by atoms with E-state index in [0.717, 1.165) is 28.3 Å². The SMILES string of the molecule is Cc1nc(-c2ccccc2)nc(Nc2ccc(Cl)cc2)c1CNCCO. The van der Waals surface area contributed by atoms with Crippen molar-refractivity contribution in [2.45, 2.75) is 13.5 Å². The average Bonchev–Trinajstić information content (AvgIpc) is 2.66. The number of benzene rings is 2. The summed E-state index contributed by atoms with van der Waals surface area (Å²) in [5.41, 5.74) is 3.72. The molecule has 2 aromatic carbocycles. The third-order valence-corrected chi connectivity index (χ3v) is 4.20. The number of aliphatic hydroxyl groups excluding tert-OH is 1. The van der Waals surface area contributed by atoms with Crippen LogP contribution in [-0.4, -0.2) is 28.2 Å². The first-order valence-corrected chi connectivity index (χ1v) is 8.82. The number of hydrogen-bond acceptors (Lipinski definition) is 5. The van der Waals surface area contributed by atoms with Gasteiger partial charge in [-0.25, -0.2) is 9.97 Å². The van der Waals surface area contributed by atoms with E-state index in [0.29, 0.717) is 23.9 Å². The minimum Gasteiger partial charge on any atom is -0.395 e. The van der Waals surface area contributed by atoms with Gasteiger partial charge in [-0.2, -0.15) is 0 Å². The number of rotatable bonds is 7. The third kappa shape index (κ3) is 4.58. The van der Waals surface area contributed by atoms with Gasteiger partial charge in [0.25, 0.3) is 0 Å². The molecule has 134 valence electrons. The Morgan fingerprint density at radius 1 is 1.00 bits per heavy atom. The van der Waals surface area contributed by atoms with Gasteiger partial charge in [-0.1, -0.05) is 41.9 Å². The maximum Gasteiger partial charge on any atom is 0.161 e. The Kier molecular flexibility index (Phi) is 6.17. The number of aryl methyl sites for hydroxylation is 1. The zero-order valence-corrected chi connectivity index (χ0v) is 15.3. The van der Waals surface area contributed by atoms with Gasteiger partial charge in [0.1, 0.15) is 5.82 Å². The minimum atomic E-state index is 0.0853. The summed E-state index contributed by atoms with van der Waals surface area (Å²) in [6.07, 6.45) is 0. The molecule has 0 amide bonds. The third-order valence-electron chi connectivity index (χ3n) is 3.94. The Morgan fingerprint density at radius 2 is 1.73 bits per heavy atom. The van der Waals surface area contributed by atoms with Gasteiger partial charge in [-0.05, 0) is 31.2 Å². The van der Waals surface area contributed by atoms with Crippen molar-refractivity contribution in [3.8, 4) is 11.4 Å². The molecule has 0 atom stereocenters. The lowest BCUT2D eigenvalue weighted by atomic mass is 10.1. The molecule has 3 aromatic rings. The number of nitrogens with one attached hydrogen (secondary N) is 2. The lowest BCUT2D eigenvalue weighted by molar-refractivity contribution is 0.292. The molecular weight excluding hydrogens is 348 g/mol. The van der Waals surface area contributed by atoms with E-state index in [1.165, 1.54) is 0 Å². The van der Waals surface area contributed by atoms with E-state index < -0.39 is 0 Å². The second-order valence-electron chi connectivity index (χ2n) is 5.86. The van der Waals surface area contributed by atoms with Crippen LogP contribution >= 0.6 is 11.6 Å². The van der Waals surface area contributed by atoms with Crippen molar-refractivity contribution in [3.63, 3.8) is 0 Å². The monoisotopic (exact) mass is 368 g/mol. The van der Waals surface area contributed by atoms with Crippen LogP contribution in [0.1, 0.15) is 11.3 Å². The van der Waals surface area contributed by atoms with Crippen LogP contribution in [-0.2, 0) is 6.54 Å². The molecule has 0 aliphatic heterocycles. The van der Waals surface area contributed by atoms with Gasteiger partial charge in [-0.3, -0.25) is 0 Å². The van der Waals surface area contributed by atoms with Crippen LogP contribution in [0.5, 0.6) is 0 Å². The molecule has 0 radical (unpaired) electrons. The fourth-order valence-electron chi connectivity index (χ4n) is 2.59. The van der Waals surface area contributed by atoms with Crippen LogP contribution in [0.15, 0.2) is 54.6 Å². The van der Waals surface area contributed by atoms with Crippen LogP contribution in [0.2, 0.25) is 5.02 Å². The first-order chi connectivity index (χ1) is 12.7. The lowest BCUT2D eigenvalue weighted by Crippen LogP contribution is -2.20. The Morgan fingerprint density at radius 3 is 2.42 bits per heavy atom. The smallest absolute Gasteiger partial charge is 0.161 e. The topological polar surface area (TPSA) is 70.1 Å². The second-order valence-corrected chi connectivity index (χ2v) is 6.29. The van der Waals surface area contributed by atoms with Crippen LogP contribution in [0, 0.1) is 6.92 Å². The van der Waals surface area contributed by atoms with Gasteiger partial charge in [0, 0.05) is 40.6 Å². The van der Waals surface area contributed by atoms with Crippen LogP contribution in [0.3, 0.4) is 0 Å². The molecule has 3 N–H and O–H groups in total. The van der Waals surface area contributed by atoms with Crippen LogP contribution in [0.25, 0.3) is 11.4 Å². The van der Waals surface area contributed by atoms with E-state index in [9.17, 15) is 0 Å². The quantitative estimate of drug-likeness (QED) is 0.551. The summed E-state index contributed by atoms with van der Waals surface area (Å²) in [6, 6.07) is 17.4. The summed E-state index contributed by atoms with van der Waals surface area (Å²) >= 11 is 5.97. The van der Waals surface area contributed by atoms with E-state index in [4.69, 9.17) is 21.7 Å². The van der Waals surface area contributed by atoms with Crippen molar-refractivity contribution >= 4 is 23.1 Å². The summed E-state index contributed by atoms with van der Waals surface area (Å²) in [4.78, 5) is 9.41. The molecule has 0 fully saturated rings. The standard InChI is InChI=1S/C20H21ClN4O/c1-14-18(13-22-11-12-26)20(24-17-9-7-16(21)8-10-17)25-19(23-14)15-5-3-2-4-6-15/h2-10,22,26H,11-13H2,1H3,(H,23,24,25). The molecule has 3 rings (SSSR count). The van der Waals surface area contributed by atoms with Gasteiger partial charge in [0.15, 0.2) is 5.82 Å². The zero-order chi connectivity index (χ0) is 18.4. The van der Waals surface area contributed by atoms with E-state index in [-0.39, 0.29) is 6.61 Å². The molecule has 5 nitrogen and oxygen atoms in total. The van der Waals surface area contributed by atoms with Crippen molar-refractivity contribution in [1.82, 2.24) is 15.3 Å². The maximum atomic E-state index is 9.01. The number of aliphatic hydroxyl groups is 1. The molecule has 0 spiro atoms. The Balaban J connectivity index is 1.98. The zero-order valence-electron chi connectivity index (χ0n) is 14.5. The number of nitrogens with zero attached hydrogens (tertiary/aromatic N) is 2. The van der Waals surface area contributed by atoms with Crippen molar-refractivity contribution in [2.24, 2.45) is 0 Å². The first-order valence-electron chi connectivity index (χ1n) is 8.44. The molecule has 0 saturated heterocycles. The van der Waals surface area contributed by atoms with Gasteiger partial charge in [0.2, 0.25) is 0 Å². The molecule has 1 heterocycles. The lowest BCUT2D eigenvalue weighted by Gasteiger charge is -2.15. The maximum absolute atomic E-state index is 9.01. The average molecular weight is 369 g/mol. The number of aromatic nitrogens is 2. The largest absolute Gasteiger partial charge is 0.395 e. The van der Waals surface area contributed by atoms with E-state index in [2.05, 4.69) is 15.6 Å². The number of anilines is 2. The van der Waals surface area contributed by atoms with Gasteiger partial charge >= 0.3 is 0 Å². The van der Waals surface area contributed by atoms with Crippen molar-refractivity contribution < 1.29 is 5.11 Å². The Labute approximate surface area is 158 Å². The molecule has 0 saturated carbocycles. The van der Waals surface area contributed by atoms with Crippen LogP contribution in [0.4, 0.5) is 11.5 Å². The molecule has 1 aromatic heterocycles. The summed E-state index contributed by atoms with van der Waals surface area (Å²) in [7, 11) is 0. The first kappa shape index (κ1) is 18.3. The molecule has 0 unspecified atom stereocenters. The van der Waals surface area contributed by atoms with Gasteiger partial charge in [-0.15, -0.1) is 0 Å². The minimum absolute atomic E-state index is 0.0853. The fourth-order valence-corrected chi connectivity index (χ4v) is 2.72. The normalized spacial score (nSPS) is 10.7. The molecular formula is C20H21ClN4O. The summed E-state index contributed by atoms with van der Waals surface area (Å²) in [6.45, 7) is 3.14. The van der Waals surface area contributed by atoms with Gasteiger partial charge in [0.05, 0.1) is 6.61 Å².